The van der Waals surface area contributed by atoms with E-state index in [0.717, 1.165) is 11.8 Å². The van der Waals surface area contributed by atoms with E-state index < -0.39 is 0 Å². The van der Waals surface area contributed by atoms with Crippen LogP contribution >= 0.6 is 0 Å². The van der Waals surface area contributed by atoms with E-state index in [9.17, 15) is 0 Å². The van der Waals surface area contributed by atoms with E-state index >= 15 is 0 Å². The minimum Gasteiger partial charge on any atom is -0.396 e. The number of allylic oxidation sites excluding steroid dienone is 2. The molecule has 1 rings (SSSR count). The quantitative estimate of drug-likeness (QED) is 0.663. The second-order valence-electron chi connectivity index (χ2n) is 5.12. The predicted molar refractivity (Wildman–Crippen MR) is 56.5 cm³/mol. The summed E-state index contributed by atoms with van der Waals surface area (Å²) in [6.07, 6.45) is 4.69. The maximum absolute atomic E-state index is 9.15. The molecule has 13 heavy (non-hydrogen) atoms. The largest absolute Gasteiger partial charge is 0.396 e. The van der Waals surface area contributed by atoms with Crippen LogP contribution in [0.5, 0.6) is 0 Å². The predicted octanol–water partition coefficient (Wildman–Crippen LogP) is 3.00. The molecule has 0 aromatic heterocycles. The lowest BCUT2D eigenvalue weighted by atomic mass is 9.94. The summed E-state index contributed by atoms with van der Waals surface area (Å²) < 4.78 is 0. The van der Waals surface area contributed by atoms with Gasteiger partial charge < -0.3 is 5.11 Å². The van der Waals surface area contributed by atoms with Gasteiger partial charge in [0.15, 0.2) is 0 Å². The molecule has 1 aliphatic carbocycles. The third-order valence-electron chi connectivity index (χ3n) is 3.37. The van der Waals surface area contributed by atoms with Gasteiger partial charge in [0, 0.05) is 6.61 Å². The van der Waals surface area contributed by atoms with E-state index in [1.807, 2.05) is 0 Å². The van der Waals surface area contributed by atoms with Crippen molar-refractivity contribution >= 4 is 0 Å². The molecule has 1 N–H and O–H groups in total. The van der Waals surface area contributed by atoms with Crippen LogP contribution in [0.25, 0.3) is 0 Å². The molecular weight excluding hydrogens is 160 g/mol. The van der Waals surface area contributed by atoms with E-state index in [1.54, 1.807) is 0 Å². The Morgan fingerprint density at radius 2 is 2.23 bits per heavy atom. The molecule has 0 aliphatic heterocycles. The Labute approximate surface area is 81.9 Å². The van der Waals surface area contributed by atoms with Crippen LogP contribution in [0, 0.1) is 17.3 Å². The summed E-state index contributed by atoms with van der Waals surface area (Å²) in [7, 11) is 0. The van der Waals surface area contributed by atoms with Crippen molar-refractivity contribution in [3.63, 3.8) is 0 Å². The Hall–Kier alpha value is -0.300. The molecule has 0 amide bonds. The summed E-state index contributed by atoms with van der Waals surface area (Å²) in [5.74, 6) is 1.47. The van der Waals surface area contributed by atoms with Crippen molar-refractivity contribution in [1.29, 1.82) is 0 Å². The normalized spacial score (nSPS) is 34.1. The first-order valence-electron chi connectivity index (χ1n) is 5.24. The topological polar surface area (TPSA) is 20.2 Å². The minimum absolute atomic E-state index is 0.245. The van der Waals surface area contributed by atoms with Crippen LogP contribution in [0.3, 0.4) is 0 Å². The third-order valence-corrected chi connectivity index (χ3v) is 3.37. The second-order valence-corrected chi connectivity index (χ2v) is 5.12. The maximum atomic E-state index is 9.15. The van der Waals surface area contributed by atoms with Gasteiger partial charge in [0.1, 0.15) is 0 Å². The fourth-order valence-electron chi connectivity index (χ4n) is 2.10. The number of rotatable bonds is 4. The molecule has 0 aromatic carbocycles. The van der Waals surface area contributed by atoms with Crippen LogP contribution in [0.1, 0.15) is 40.5 Å². The number of hydrogen-bond acceptors (Lipinski definition) is 1. The molecule has 1 saturated carbocycles. The SMILES string of the molecule is CC(C)=CC[C@@H](C)C1CC1(C)CO. The Morgan fingerprint density at radius 3 is 2.62 bits per heavy atom. The molecule has 0 spiro atoms. The third kappa shape index (κ3) is 2.57. The second kappa shape index (κ2) is 3.83. The molecule has 1 heteroatoms. The van der Waals surface area contributed by atoms with Crippen molar-refractivity contribution in [1.82, 2.24) is 0 Å². The summed E-state index contributed by atoms with van der Waals surface area (Å²) in [5.41, 5.74) is 1.65. The zero-order valence-corrected chi connectivity index (χ0v) is 9.30. The van der Waals surface area contributed by atoms with Crippen LogP contribution in [0.4, 0.5) is 0 Å². The first-order chi connectivity index (χ1) is 5.99. The van der Waals surface area contributed by atoms with Crippen molar-refractivity contribution < 1.29 is 5.11 Å². The van der Waals surface area contributed by atoms with Gasteiger partial charge in [0.05, 0.1) is 0 Å². The number of hydrogen-bond donors (Lipinski definition) is 1. The van der Waals surface area contributed by atoms with E-state index in [4.69, 9.17) is 5.11 Å². The molecule has 1 nitrogen and oxygen atoms in total. The monoisotopic (exact) mass is 182 g/mol. The highest BCUT2D eigenvalue weighted by molar-refractivity contribution is 5.03. The summed E-state index contributed by atoms with van der Waals surface area (Å²) in [6, 6.07) is 0. The van der Waals surface area contributed by atoms with Gasteiger partial charge >= 0.3 is 0 Å². The lowest BCUT2D eigenvalue weighted by molar-refractivity contribution is 0.201. The molecule has 0 heterocycles. The first-order valence-corrected chi connectivity index (χ1v) is 5.24. The van der Waals surface area contributed by atoms with Gasteiger partial charge in [-0.25, -0.2) is 0 Å². The average Bonchev–Trinajstić information content (AvgIpc) is 2.75. The summed E-state index contributed by atoms with van der Waals surface area (Å²) >= 11 is 0. The summed E-state index contributed by atoms with van der Waals surface area (Å²) in [4.78, 5) is 0. The van der Waals surface area contributed by atoms with Gasteiger partial charge in [0.2, 0.25) is 0 Å². The number of aliphatic hydroxyl groups is 1. The van der Waals surface area contributed by atoms with E-state index in [1.165, 1.54) is 18.4 Å². The molecule has 3 atom stereocenters. The minimum atomic E-state index is 0.245. The molecule has 1 fully saturated rings. The van der Waals surface area contributed by atoms with Crippen molar-refractivity contribution in [3.8, 4) is 0 Å². The van der Waals surface area contributed by atoms with Crippen molar-refractivity contribution in [2.24, 2.45) is 17.3 Å². The Kier molecular flexibility index (Phi) is 3.18. The highest BCUT2D eigenvalue weighted by Gasteiger charge is 2.51. The van der Waals surface area contributed by atoms with Crippen molar-refractivity contribution in [2.75, 3.05) is 6.61 Å². The highest BCUT2D eigenvalue weighted by atomic mass is 16.3. The molecule has 1 aliphatic rings. The van der Waals surface area contributed by atoms with E-state index in [2.05, 4.69) is 33.8 Å². The van der Waals surface area contributed by atoms with Gasteiger partial charge in [-0.05, 0) is 43.9 Å². The van der Waals surface area contributed by atoms with E-state index in [-0.39, 0.29) is 5.41 Å². The lowest BCUT2D eigenvalue weighted by Gasteiger charge is -2.12. The van der Waals surface area contributed by atoms with Gasteiger partial charge in [-0.2, -0.15) is 0 Å². The van der Waals surface area contributed by atoms with Crippen LogP contribution in [-0.2, 0) is 0 Å². The Balaban J connectivity index is 2.35. The van der Waals surface area contributed by atoms with Gasteiger partial charge in [0.25, 0.3) is 0 Å². The summed E-state index contributed by atoms with van der Waals surface area (Å²) in [5, 5.41) is 9.15. The maximum Gasteiger partial charge on any atom is 0.0487 e. The highest BCUT2D eigenvalue weighted by Crippen LogP contribution is 2.56. The molecule has 0 saturated heterocycles. The van der Waals surface area contributed by atoms with Crippen LogP contribution in [0.15, 0.2) is 11.6 Å². The van der Waals surface area contributed by atoms with Gasteiger partial charge in [-0.3, -0.25) is 0 Å². The standard InChI is InChI=1S/C12H22O/c1-9(2)5-6-10(3)11-7-12(11,4)8-13/h5,10-11,13H,6-8H2,1-4H3/t10-,11?,12?/m1/s1. The fraction of sp³-hybridized carbons (Fsp3) is 0.833. The molecule has 2 unspecified atom stereocenters. The Bertz CT molecular complexity index is 203. The molecular formula is C12H22O. The molecule has 0 bridgehead atoms. The molecule has 76 valence electrons. The zero-order valence-electron chi connectivity index (χ0n) is 9.30. The van der Waals surface area contributed by atoms with E-state index in [0.29, 0.717) is 6.61 Å². The zero-order chi connectivity index (χ0) is 10.1. The first kappa shape index (κ1) is 10.8. The van der Waals surface area contributed by atoms with Gasteiger partial charge in [-0.1, -0.05) is 25.5 Å². The average molecular weight is 182 g/mol. The molecule has 0 aromatic rings. The smallest absolute Gasteiger partial charge is 0.0487 e. The number of aliphatic hydroxyl groups excluding tert-OH is 1. The van der Waals surface area contributed by atoms with Gasteiger partial charge in [-0.15, -0.1) is 0 Å². The van der Waals surface area contributed by atoms with Crippen LogP contribution in [0.2, 0.25) is 0 Å². The fourth-order valence-corrected chi connectivity index (χ4v) is 2.10. The molecule has 0 radical (unpaired) electrons. The Morgan fingerprint density at radius 1 is 1.62 bits per heavy atom. The van der Waals surface area contributed by atoms with Crippen molar-refractivity contribution in [2.45, 2.75) is 40.5 Å². The lowest BCUT2D eigenvalue weighted by Crippen LogP contribution is -2.09. The van der Waals surface area contributed by atoms with Crippen LogP contribution in [-0.4, -0.2) is 11.7 Å². The van der Waals surface area contributed by atoms with Crippen molar-refractivity contribution in [3.05, 3.63) is 11.6 Å². The summed E-state index contributed by atoms with van der Waals surface area (Å²) in [6.45, 7) is 9.13. The van der Waals surface area contributed by atoms with Crippen LogP contribution < -0.4 is 0 Å².